The van der Waals surface area contributed by atoms with Gasteiger partial charge in [0.2, 0.25) is 5.91 Å². The third-order valence-electron chi connectivity index (χ3n) is 2.49. The average Bonchev–Trinajstić information content (AvgIpc) is 2.29. The van der Waals surface area contributed by atoms with E-state index in [1.807, 2.05) is 13.8 Å². The van der Waals surface area contributed by atoms with Crippen molar-refractivity contribution in [2.24, 2.45) is 0 Å². The van der Waals surface area contributed by atoms with Gasteiger partial charge in [-0.05, 0) is 13.3 Å². The van der Waals surface area contributed by atoms with E-state index in [4.69, 9.17) is 16.3 Å². The first-order valence-electron chi connectivity index (χ1n) is 5.72. The third kappa shape index (κ3) is 6.48. The van der Waals surface area contributed by atoms with Gasteiger partial charge in [0.15, 0.2) is 0 Å². The van der Waals surface area contributed by atoms with Crippen molar-refractivity contribution < 1.29 is 14.3 Å². The minimum absolute atomic E-state index is 0.0638. The molecule has 5 nitrogen and oxygen atoms in total. The number of methoxy groups -OCH3 is 1. The Hall–Kier alpha value is -0.810. The lowest BCUT2D eigenvalue weighted by Crippen LogP contribution is -2.48. The third-order valence-corrected chi connectivity index (χ3v) is 2.68. The normalized spacial score (nSPS) is 12.0. The number of alkyl halides is 1. The van der Waals surface area contributed by atoms with E-state index in [2.05, 4.69) is 5.32 Å². The molecule has 0 aromatic carbocycles. The van der Waals surface area contributed by atoms with Gasteiger partial charge in [-0.15, -0.1) is 11.6 Å². The molecule has 0 aromatic rings. The molecular weight excluding hydrogens is 244 g/mol. The SMILES string of the molecule is CCC(C)N(CCOC)C(=O)NC(=O)CCCl. The van der Waals surface area contributed by atoms with Crippen molar-refractivity contribution in [3.05, 3.63) is 0 Å². The summed E-state index contributed by atoms with van der Waals surface area (Å²) in [5.74, 6) is -0.142. The van der Waals surface area contributed by atoms with Gasteiger partial charge < -0.3 is 9.64 Å². The predicted octanol–water partition coefficient (Wildman–Crippen LogP) is 1.60. The van der Waals surface area contributed by atoms with Crippen molar-refractivity contribution >= 4 is 23.5 Å². The molecule has 0 rings (SSSR count). The van der Waals surface area contributed by atoms with Crippen LogP contribution in [0.15, 0.2) is 0 Å². The Morgan fingerprint density at radius 3 is 2.59 bits per heavy atom. The molecule has 0 aliphatic carbocycles. The van der Waals surface area contributed by atoms with Crippen molar-refractivity contribution in [1.29, 1.82) is 0 Å². The number of urea groups is 1. The van der Waals surface area contributed by atoms with Crippen LogP contribution in [0.3, 0.4) is 0 Å². The van der Waals surface area contributed by atoms with Gasteiger partial charge in [-0.2, -0.15) is 0 Å². The number of amides is 3. The number of carbonyl (C=O) groups is 2. The van der Waals surface area contributed by atoms with E-state index in [0.29, 0.717) is 13.2 Å². The average molecular weight is 265 g/mol. The summed E-state index contributed by atoms with van der Waals surface area (Å²) in [5.41, 5.74) is 0. The number of hydrogen-bond acceptors (Lipinski definition) is 3. The number of nitrogens with zero attached hydrogens (tertiary/aromatic N) is 1. The fraction of sp³-hybridized carbons (Fsp3) is 0.818. The van der Waals surface area contributed by atoms with Crippen LogP contribution in [-0.4, -0.2) is 49.0 Å². The minimum Gasteiger partial charge on any atom is -0.383 e. The Balaban J connectivity index is 4.35. The van der Waals surface area contributed by atoms with Crippen molar-refractivity contribution in [1.82, 2.24) is 10.2 Å². The van der Waals surface area contributed by atoms with Crippen LogP contribution >= 0.6 is 11.6 Å². The highest BCUT2D eigenvalue weighted by Crippen LogP contribution is 2.03. The molecule has 3 amide bonds. The summed E-state index contributed by atoms with van der Waals surface area (Å²) in [6.07, 6.45) is 0.965. The van der Waals surface area contributed by atoms with Gasteiger partial charge in [0, 0.05) is 32.0 Å². The van der Waals surface area contributed by atoms with E-state index < -0.39 is 0 Å². The maximum absolute atomic E-state index is 11.8. The monoisotopic (exact) mass is 264 g/mol. The molecular formula is C11H21ClN2O3. The Kier molecular flexibility index (Phi) is 8.80. The van der Waals surface area contributed by atoms with Gasteiger partial charge in [0.1, 0.15) is 0 Å². The molecule has 0 fully saturated rings. The molecule has 0 saturated heterocycles. The van der Waals surface area contributed by atoms with Crippen LogP contribution < -0.4 is 5.32 Å². The zero-order valence-corrected chi connectivity index (χ0v) is 11.4. The molecule has 100 valence electrons. The van der Waals surface area contributed by atoms with Crippen molar-refractivity contribution in [3.63, 3.8) is 0 Å². The van der Waals surface area contributed by atoms with Crippen molar-refractivity contribution in [2.75, 3.05) is 26.1 Å². The van der Waals surface area contributed by atoms with Crippen LogP contribution in [0, 0.1) is 0 Å². The topological polar surface area (TPSA) is 58.6 Å². The number of carbonyl (C=O) groups excluding carboxylic acids is 2. The summed E-state index contributed by atoms with van der Waals surface area (Å²) >= 11 is 5.43. The molecule has 0 aliphatic heterocycles. The Morgan fingerprint density at radius 1 is 1.47 bits per heavy atom. The number of ether oxygens (including phenoxy) is 1. The van der Waals surface area contributed by atoms with E-state index in [1.54, 1.807) is 12.0 Å². The predicted molar refractivity (Wildman–Crippen MR) is 67.2 cm³/mol. The van der Waals surface area contributed by atoms with E-state index in [0.717, 1.165) is 6.42 Å². The van der Waals surface area contributed by atoms with Gasteiger partial charge in [-0.1, -0.05) is 6.92 Å². The molecule has 0 bridgehead atoms. The standard InChI is InChI=1S/C11H21ClN2O3/c1-4-9(2)14(7-8-17-3)11(16)13-10(15)5-6-12/h9H,4-8H2,1-3H3,(H,13,15,16). The summed E-state index contributed by atoms with van der Waals surface area (Å²) in [6, 6.07) is -0.319. The smallest absolute Gasteiger partial charge is 0.324 e. The van der Waals surface area contributed by atoms with Crippen LogP contribution in [0.25, 0.3) is 0 Å². The first-order chi connectivity index (χ1) is 8.06. The second-order valence-corrected chi connectivity index (χ2v) is 4.11. The van der Waals surface area contributed by atoms with Gasteiger partial charge in [-0.25, -0.2) is 4.79 Å². The molecule has 0 heterocycles. The first kappa shape index (κ1) is 16.2. The lowest BCUT2D eigenvalue weighted by molar-refractivity contribution is -0.119. The quantitative estimate of drug-likeness (QED) is 0.711. The lowest BCUT2D eigenvalue weighted by Gasteiger charge is -2.28. The molecule has 0 radical (unpaired) electrons. The largest absolute Gasteiger partial charge is 0.383 e. The number of nitrogens with one attached hydrogen (secondary N) is 1. The zero-order valence-electron chi connectivity index (χ0n) is 10.7. The van der Waals surface area contributed by atoms with Crippen LogP contribution in [0.4, 0.5) is 4.79 Å². The maximum Gasteiger partial charge on any atom is 0.324 e. The van der Waals surface area contributed by atoms with Crippen LogP contribution in [0.1, 0.15) is 26.7 Å². The van der Waals surface area contributed by atoms with Gasteiger partial charge in [-0.3, -0.25) is 10.1 Å². The van der Waals surface area contributed by atoms with Crippen molar-refractivity contribution in [2.45, 2.75) is 32.7 Å². The number of rotatable bonds is 7. The molecule has 0 saturated carbocycles. The van der Waals surface area contributed by atoms with Gasteiger partial charge >= 0.3 is 6.03 Å². The summed E-state index contributed by atoms with van der Waals surface area (Å²) in [6.45, 7) is 4.83. The maximum atomic E-state index is 11.8. The molecule has 0 aromatic heterocycles. The summed E-state index contributed by atoms with van der Waals surface area (Å²) < 4.78 is 4.94. The van der Waals surface area contributed by atoms with Crippen LogP contribution in [-0.2, 0) is 9.53 Å². The van der Waals surface area contributed by atoms with E-state index >= 15 is 0 Å². The van der Waals surface area contributed by atoms with Crippen LogP contribution in [0.5, 0.6) is 0 Å². The zero-order chi connectivity index (χ0) is 13.3. The molecule has 0 aliphatic rings. The summed E-state index contributed by atoms with van der Waals surface area (Å²) in [4.78, 5) is 24.7. The number of hydrogen-bond donors (Lipinski definition) is 1. The highest BCUT2D eigenvalue weighted by atomic mass is 35.5. The molecule has 1 atom stereocenters. The second-order valence-electron chi connectivity index (χ2n) is 3.74. The minimum atomic E-state index is -0.383. The fourth-order valence-corrected chi connectivity index (χ4v) is 1.44. The molecule has 1 N–H and O–H groups in total. The fourth-order valence-electron chi connectivity index (χ4n) is 1.27. The van der Waals surface area contributed by atoms with E-state index in [9.17, 15) is 9.59 Å². The molecule has 0 spiro atoms. The van der Waals surface area contributed by atoms with Crippen LogP contribution in [0.2, 0.25) is 0 Å². The Bertz CT molecular complexity index is 249. The lowest BCUT2D eigenvalue weighted by atomic mass is 10.2. The second kappa shape index (κ2) is 9.24. The van der Waals surface area contributed by atoms with Crippen molar-refractivity contribution in [3.8, 4) is 0 Å². The highest BCUT2D eigenvalue weighted by molar-refractivity contribution is 6.19. The summed E-state index contributed by atoms with van der Waals surface area (Å²) in [7, 11) is 1.57. The number of imide groups is 1. The highest BCUT2D eigenvalue weighted by Gasteiger charge is 2.20. The molecule has 17 heavy (non-hydrogen) atoms. The number of halogens is 1. The first-order valence-corrected chi connectivity index (χ1v) is 6.25. The van der Waals surface area contributed by atoms with Gasteiger partial charge in [0.25, 0.3) is 0 Å². The Morgan fingerprint density at radius 2 is 2.12 bits per heavy atom. The molecule has 1 unspecified atom stereocenters. The van der Waals surface area contributed by atoms with E-state index in [-0.39, 0.29) is 30.3 Å². The summed E-state index contributed by atoms with van der Waals surface area (Å²) in [5, 5.41) is 2.31. The van der Waals surface area contributed by atoms with Gasteiger partial charge in [0.05, 0.1) is 6.61 Å². The Labute approximate surface area is 107 Å². The molecule has 6 heteroatoms. The van der Waals surface area contributed by atoms with E-state index in [1.165, 1.54) is 0 Å².